The number of hydrogen-bond acceptors (Lipinski definition) is 4. The molecule has 2 N–H and O–H groups in total. The Labute approximate surface area is 151 Å². The van der Waals surface area contributed by atoms with Gasteiger partial charge in [0, 0.05) is 24.1 Å². The van der Waals surface area contributed by atoms with E-state index in [-0.39, 0.29) is 24.1 Å². The smallest absolute Gasteiger partial charge is 0.291 e. The molecule has 0 spiro atoms. The van der Waals surface area contributed by atoms with E-state index in [9.17, 15) is 9.59 Å². The van der Waals surface area contributed by atoms with Crippen molar-refractivity contribution in [1.29, 1.82) is 0 Å². The van der Waals surface area contributed by atoms with E-state index < -0.39 is 0 Å². The molecule has 1 heterocycles. The molecule has 132 valence electrons. The maximum absolute atomic E-state index is 12.3. The Kier molecular flexibility index (Phi) is 5.34. The van der Waals surface area contributed by atoms with E-state index in [1.807, 2.05) is 42.3 Å². The second-order valence-electron chi connectivity index (χ2n) is 5.75. The fourth-order valence-corrected chi connectivity index (χ4v) is 2.46. The molecule has 0 bridgehead atoms. The van der Waals surface area contributed by atoms with Crippen LogP contribution in [0.1, 0.15) is 10.6 Å². The summed E-state index contributed by atoms with van der Waals surface area (Å²) in [6.45, 7) is 0.215. The fraction of sp³-hybridized carbons (Fsp3) is 0.100. The minimum Gasteiger partial charge on any atom is -0.459 e. The summed E-state index contributed by atoms with van der Waals surface area (Å²) in [4.78, 5) is 26.1. The molecule has 3 aromatic rings. The van der Waals surface area contributed by atoms with Crippen molar-refractivity contribution >= 4 is 28.9 Å². The zero-order chi connectivity index (χ0) is 18.4. The maximum atomic E-state index is 12.3. The molecular formula is C20H19N3O3. The number of furan rings is 1. The molecule has 0 saturated carbocycles. The fourth-order valence-electron chi connectivity index (χ4n) is 2.46. The van der Waals surface area contributed by atoms with Crippen LogP contribution >= 0.6 is 0 Å². The van der Waals surface area contributed by atoms with Crippen LogP contribution in [0.5, 0.6) is 0 Å². The van der Waals surface area contributed by atoms with Gasteiger partial charge >= 0.3 is 0 Å². The molecule has 1 aromatic heterocycles. The lowest BCUT2D eigenvalue weighted by Gasteiger charge is -2.18. The van der Waals surface area contributed by atoms with Gasteiger partial charge in [-0.05, 0) is 42.5 Å². The van der Waals surface area contributed by atoms with E-state index in [1.165, 1.54) is 6.26 Å². The van der Waals surface area contributed by atoms with Gasteiger partial charge in [0.05, 0.1) is 12.8 Å². The van der Waals surface area contributed by atoms with Gasteiger partial charge in [0.1, 0.15) is 0 Å². The second kappa shape index (κ2) is 8.02. The van der Waals surface area contributed by atoms with Gasteiger partial charge in [-0.15, -0.1) is 0 Å². The number of anilines is 3. The summed E-state index contributed by atoms with van der Waals surface area (Å²) in [6, 6.07) is 19.9. The second-order valence-corrected chi connectivity index (χ2v) is 5.75. The largest absolute Gasteiger partial charge is 0.459 e. The third kappa shape index (κ3) is 4.51. The summed E-state index contributed by atoms with van der Waals surface area (Å²) < 4.78 is 5.06. The Morgan fingerprint density at radius 1 is 0.923 bits per heavy atom. The predicted molar refractivity (Wildman–Crippen MR) is 101 cm³/mol. The van der Waals surface area contributed by atoms with Crippen molar-refractivity contribution in [2.45, 2.75) is 0 Å². The van der Waals surface area contributed by atoms with Crippen molar-refractivity contribution in [3.8, 4) is 0 Å². The summed E-state index contributed by atoms with van der Waals surface area (Å²) >= 11 is 0. The van der Waals surface area contributed by atoms with Gasteiger partial charge in [0.15, 0.2) is 5.76 Å². The molecule has 0 unspecified atom stereocenters. The van der Waals surface area contributed by atoms with E-state index >= 15 is 0 Å². The van der Waals surface area contributed by atoms with E-state index in [0.29, 0.717) is 11.4 Å². The lowest BCUT2D eigenvalue weighted by Crippen LogP contribution is -2.30. The van der Waals surface area contributed by atoms with Crippen LogP contribution in [0.3, 0.4) is 0 Å². The van der Waals surface area contributed by atoms with Crippen LogP contribution in [0.15, 0.2) is 77.4 Å². The summed E-state index contributed by atoms with van der Waals surface area (Å²) in [7, 11) is 1.86. The molecule has 0 aliphatic heterocycles. The number of hydrogen-bond donors (Lipinski definition) is 2. The van der Waals surface area contributed by atoms with Crippen LogP contribution in [0, 0.1) is 0 Å². The Bertz CT molecular complexity index is 876. The molecule has 0 saturated heterocycles. The molecule has 2 aromatic carbocycles. The van der Waals surface area contributed by atoms with Crippen LogP contribution in [0.25, 0.3) is 0 Å². The van der Waals surface area contributed by atoms with E-state index in [0.717, 1.165) is 5.69 Å². The number of likely N-dealkylation sites (N-methyl/N-ethyl adjacent to an activating group) is 1. The predicted octanol–water partition coefficient (Wildman–Crippen LogP) is 3.61. The first-order valence-corrected chi connectivity index (χ1v) is 8.13. The summed E-state index contributed by atoms with van der Waals surface area (Å²) in [5.41, 5.74) is 2.14. The highest BCUT2D eigenvalue weighted by Crippen LogP contribution is 2.17. The number of nitrogens with zero attached hydrogens (tertiary/aromatic N) is 1. The van der Waals surface area contributed by atoms with Crippen molar-refractivity contribution in [3.63, 3.8) is 0 Å². The molecule has 0 fully saturated rings. The molecule has 2 amide bonds. The Morgan fingerprint density at radius 3 is 2.35 bits per heavy atom. The van der Waals surface area contributed by atoms with Crippen LogP contribution in [-0.4, -0.2) is 25.4 Å². The molecule has 26 heavy (non-hydrogen) atoms. The molecular weight excluding hydrogens is 330 g/mol. The van der Waals surface area contributed by atoms with Gasteiger partial charge < -0.3 is 20.0 Å². The lowest BCUT2D eigenvalue weighted by molar-refractivity contribution is -0.114. The van der Waals surface area contributed by atoms with Crippen molar-refractivity contribution in [1.82, 2.24) is 0 Å². The number of nitrogens with one attached hydrogen (secondary N) is 2. The third-order valence-electron chi connectivity index (χ3n) is 3.73. The summed E-state index contributed by atoms with van der Waals surface area (Å²) in [6.07, 6.45) is 1.44. The standard InChI is InChI=1S/C20H19N3O3/c1-23(17-9-3-2-4-10-17)14-19(24)21-15-7-5-8-16(13-15)22-20(25)18-11-6-12-26-18/h2-13H,14H2,1H3,(H,21,24)(H,22,25). The van der Waals surface area contributed by atoms with E-state index in [2.05, 4.69) is 10.6 Å². The maximum Gasteiger partial charge on any atom is 0.291 e. The molecule has 0 aliphatic rings. The Balaban J connectivity index is 1.59. The minimum atomic E-state index is -0.345. The SMILES string of the molecule is CN(CC(=O)Nc1cccc(NC(=O)c2ccco2)c1)c1ccccc1. The molecule has 0 radical (unpaired) electrons. The number of carbonyl (C=O) groups is 2. The first-order valence-electron chi connectivity index (χ1n) is 8.13. The van der Waals surface area contributed by atoms with E-state index in [4.69, 9.17) is 4.42 Å². The zero-order valence-corrected chi connectivity index (χ0v) is 14.3. The van der Waals surface area contributed by atoms with Gasteiger partial charge in [-0.1, -0.05) is 24.3 Å². The van der Waals surface area contributed by atoms with Crippen LogP contribution in [-0.2, 0) is 4.79 Å². The first kappa shape index (κ1) is 17.3. The topological polar surface area (TPSA) is 74.6 Å². The lowest BCUT2D eigenvalue weighted by atomic mass is 10.2. The first-order chi connectivity index (χ1) is 12.6. The number of carbonyl (C=O) groups excluding carboxylic acids is 2. The van der Waals surface area contributed by atoms with Gasteiger partial charge in [-0.2, -0.15) is 0 Å². The average molecular weight is 349 g/mol. The molecule has 0 atom stereocenters. The normalized spacial score (nSPS) is 10.2. The molecule has 6 heteroatoms. The minimum absolute atomic E-state index is 0.147. The van der Waals surface area contributed by atoms with Crippen molar-refractivity contribution in [2.24, 2.45) is 0 Å². The Hall–Kier alpha value is -3.54. The quantitative estimate of drug-likeness (QED) is 0.713. The van der Waals surface area contributed by atoms with Gasteiger partial charge in [-0.25, -0.2) is 0 Å². The van der Waals surface area contributed by atoms with Crippen LogP contribution in [0.4, 0.5) is 17.1 Å². The van der Waals surface area contributed by atoms with Gasteiger partial charge in [0.25, 0.3) is 5.91 Å². The highest BCUT2D eigenvalue weighted by atomic mass is 16.3. The Morgan fingerprint density at radius 2 is 1.65 bits per heavy atom. The third-order valence-corrected chi connectivity index (χ3v) is 3.73. The molecule has 6 nitrogen and oxygen atoms in total. The van der Waals surface area contributed by atoms with E-state index in [1.54, 1.807) is 36.4 Å². The molecule has 0 aliphatic carbocycles. The number of rotatable bonds is 6. The highest BCUT2D eigenvalue weighted by Gasteiger charge is 2.10. The zero-order valence-electron chi connectivity index (χ0n) is 14.3. The van der Waals surface area contributed by atoms with Gasteiger partial charge in [0.2, 0.25) is 5.91 Å². The number of para-hydroxylation sites is 1. The highest BCUT2D eigenvalue weighted by molar-refractivity contribution is 6.02. The van der Waals surface area contributed by atoms with Crippen LogP contribution < -0.4 is 15.5 Å². The summed E-state index contributed by atoms with van der Waals surface area (Å²) in [5, 5.41) is 5.57. The van der Waals surface area contributed by atoms with Crippen molar-refractivity contribution in [2.75, 3.05) is 29.1 Å². The van der Waals surface area contributed by atoms with Crippen molar-refractivity contribution in [3.05, 3.63) is 78.8 Å². The number of benzene rings is 2. The summed E-state index contributed by atoms with van der Waals surface area (Å²) in [5.74, 6) is -0.267. The molecule has 3 rings (SSSR count). The monoisotopic (exact) mass is 349 g/mol. The van der Waals surface area contributed by atoms with Crippen LogP contribution in [0.2, 0.25) is 0 Å². The number of amides is 2. The van der Waals surface area contributed by atoms with Crippen molar-refractivity contribution < 1.29 is 14.0 Å². The van der Waals surface area contributed by atoms with Gasteiger partial charge in [-0.3, -0.25) is 9.59 Å². The average Bonchev–Trinajstić information content (AvgIpc) is 3.17.